The third-order valence-corrected chi connectivity index (χ3v) is 13.4. The van der Waals surface area contributed by atoms with E-state index in [4.69, 9.17) is 14.2 Å². The maximum atomic E-state index is 12.9. The Morgan fingerprint density at radius 3 is 0.863 bits per heavy atom. The van der Waals surface area contributed by atoms with Crippen LogP contribution in [0.2, 0.25) is 0 Å². The minimum absolute atomic E-state index is 0.0830. The van der Waals surface area contributed by atoms with Gasteiger partial charge in [-0.15, -0.1) is 0 Å². The highest BCUT2D eigenvalue weighted by molar-refractivity contribution is 5.71. The molecule has 0 fully saturated rings. The number of ether oxygens (including phenoxy) is 3. The van der Waals surface area contributed by atoms with E-state index in [2.05, 4.69) is 106 Å². The van der Waals surface area contributed by atoms with E-state index in [1.807, 2.05) is 0 Å². The zero-order valence-corrected chi connectivity index (χ0v) is 48.1. The van der Waals surface area contributed by atoms with Gasteiger partial charge in [-0.25, -0.2) is 0 Å². The lowest BCUT2D eigenvalue weighted by Gasteiger charge is -2.18. The van der Waals surface area contributed by atoms with Crippen molar-refractivity contribution < 1.29 is 28.6 Å². The fourth-order valence-electron chi connectivity index (χ4n) is 8.69. The van der Waals surface area contributed by atoms with E-state index in [0.29, 0.717) is 19.3 Å². The summed E-state index contributed by atoms with van der Waals surface area (Å²) in [6, 6.07) is 0. The number of hydrogen-bond acceptors (Lipinski definition) is 6. The zero-order chi connectivity index (χ0) is 52.9. The first-order valence-corrected chi connectivity index (χ1v) is 31.1. The summed E-state index contributed by atoms with van der Waals surface area (Å²) >= 11 is 0. The number of rotatable bonds is 56. The monoisotopic (exact) mass is 1020 g/mol. The summed E-state index contributed by atoms with van der Waals surface area (Å²) in [5, 5.41) is 0. The zero-order valence-electron chi connectivity index (χ0n) is 48.1. The number of carbonyl (C=O) groups excluding carboxylic acids is 3. The summed E-state index contributed by atoms with van der Waals surface area (Å²) in [5.74, 6) is -0.892. The van der Waals surface area contributed by atoms with Gasteiger partial charge >= 0.3 is 17.9 Å². The molecular weight excluding hydrogens is 901 g/mol. The van der Waals surface area contributed by atoms with Crippen molar-refractivity contribution in [2.75, 3.05) is 13.2 Å². The third-order valence-electron chi connectivity index (χ3n) is 13.4. The summed E-state index contributed by atoms with van der Waals surface area (Å²) in [6.45, 7) is 6.52. The van der Waals surface area contributed by atoms with Gasteiger partial charge in [0, 0.05) is 19.3 Å². The molecule has 0 aliphatic carbocycles. The predicted octanol–water partition coefficient (Wildman–Crippen LogP) is 21.1. The lowest BCUT2D eigenvalue weighted by Crippen LogP contribution is -2.30. The van der Waals surface area contributed by atoms with Crippen LogP contribution in [0.3, 0.4) is 0 Å². The summed E-state index contributed by atoms with van der Waals surface area (Å²) in [5.41, 5.74) is 0. The second-order valence-corrected chi connectivity index (χ2v) is 20.6. The van der Waals surface area contributed by atoms with Gasteiger partial charge in [-0.3, -0.25) is 14.4 Å². The van der Waals surface area contributed by atoms with Gasteiger partial charge in [0.1, 0.15) is 13.2 Å². The standard InChI is InChI=1S/C67H116O6/c1-4-7-10-13-16-19-22-25-27-29-30-31-32-33-34-35-36-38-39-42-45-48-51-54-57-60-66(69)72-63-64(62-71-65(68)59-56-53-50-47-44-41-24-21-18-15-12-9-6-3)73-67(70)61-58-55-52-49-46-43-40-37-28-26-23-20-17-14-11-8-5-2/h7,10,16,19,21,24-28,30-31,33-34,64H,4-6,8-9,11-15,17-18,20,22-23,29,32,35-63H2,1-3H3/b10-7-,19-16-,24-21-,27-25-,28-26-,31-30-,34-33-. The van der Waals surface area contributed by atoms with Crippen LogP contribution in [0.25, 0.3) is 0 Å². The average molecular weight is 1020 g/mol. The van der Waals surface area contributed by atoms with E-state index in [9.17, 15) is 14.4 Å². The summed E-state index contributed by atoms with van der Waals surface area (Å²) in [6.07, 6.45) is 80.1. The van der Waals surface area contributed by atoms with E-state index in [1.54, 1.807) is 0 Å². The van der Waals surface area contributed by atoms with E-state index >= 15 is 0 Å². The van der Waals surface area contributed by atoms with Crippen molar-refractivity contribution in [3.8, 4) is 0 Å². The molecule has 420 valence electrons. The Hall–Kier alpha value is -3.41. The molecular formula is C67H116O6. The Morgan fingerprint density at radius 2 is 0.534 bits per heavy atom. The molecule has 0 saturated heterocycles. The Kier molecular flexibility index (Phi) is 58.3. The largest absolute Gasteiger partial charge is 0.462 e. The Bertz CT molecular complexity index is 1400. The van der Waals surface area contributed by atoms with E-state index in [0.717, 1.165) is 103 Å². The molecule has 6 heteroatoms. The van der Waals surface area contributed by atoms with Crippen molar-refractivity contribution in [3.63, 3.8) is 0 Å². The lowest BCUT2D eigenvalue weighted by molar-refractivity contribution is -0.167. The molecule has 0 bridgehead atoms. The number of unbranched alkanes of at least 4 members (excludes halogenated alkanes) is 31. The van der Waals surface area contributed by atoms with Crippen LogP contribution in [-0.4, -0.2) is 37.2 Å². The van der Waals surface area contributed by atoms with Crippen LogP contribution >= 0.6 is 0 Å². The molecule has 0 aromatic carbocycles. The first-order valence-electron chi connectivity index (χ1n) is 31.1. The first kappa shape index (κ1) is 69.6. The summed E-state index contributed by atoms with van der Waals surface area (Å²) in [7, 11) is 0. The highest BCUT2D eigenvalue weighted by atomic mass is 16.6. The number of esters is 3. The van der Waals surface area contributed by atoms with Crippen LogP contribution < -0.4 is 0 Å². The minimum atomic E-state index is -0.785. The number of allylic oxidation sites excluding steroid dienone is 14. The highest BCUT2D eigenvalue weighted by Crippen LogP contribution is 2.16. The highest BCUT2D eigenvalue weighted by Gasteiger charge is 2.19. The van der Waals surface area contributed by atoms with Gasteiger partial charge in [-0.2, -0.15) is 0 Å². The molecule has 0 saturated carbocycles. The molecule has 0 amide bonds. The first-order chi connectivity index (χ1) is 36.0. The predicted molar refractivity (Wildman–Crippen MR) is 316 cm³/mol. The topological polar surface area (TPSA) is 78.9 Å². The molecule has 0 rings (SSSR count). The fraction of sp³-hybridized carbons (Fsp3) is 0.746. The molecule has 0 spiro atoms. The van der Waals surface area contributed by atoms with Gasteiger partial charge in [0.05, 0.1) is 0 Å². The Morgan fingerprint density at radius 1 is 0.288 bits per heavy atom. The van der Waals surface area contributed by atoms with Crippen LogP contribution in [0.5, 0.6) is 0 Å². The summed E-state index contributed by atoms with van der Waals surface area (Å²) in [4.78, 5) is 38.2. The quantitative estimate of drug-likeness (QED) is 0.0261. The van der Waals surface area contributed by atoms with Gasteiger partial charge < -0.3 is 14.2 Å². The van der Waals surface area contributed by atoms with Crippen LogP contribution in [0, 0.1) is 0 Å². The Labute approximate surface area is 452 Å². The molecule has 73 heavy (non-hydrogen) atoms. The minimum Gasteiger partial charge on any atom is -0.462 e. The van der Waals surface area contributed by atoms with Gasteiger partial charge in [-0.1, -0.05) is 254 Å². The van der Waals surface area contributed by atoms with Gasteiger partial charge in [-0.05, 0) is 116 Å². The molecule has 6 nitrogen and oxygen atoms in total. The maximum Gasteiger partial charge on any atom is 0.306 e. The summed E-state index contributed by atoms with van der Waals surface area (Å²) < 4.78 is 16.9. The lowest BCUT2D eigenvalue weighted by atomic mass is 10.1. The molecule has 1 unspecified atom stereocenters. The van der Waals surface area contributed by atoms with Crippen molar-refractivity contribution in [3.05, 3.63) is 85.1 Å². The molecule has 0 aromatic heterocycles. The SMILES string of the molecule is CC/C=C\C/C=C\C/C=C\C/C=C\C/C=C\CCCCCCCCCCCC(=O)OCC(COC(=O)CCCCCCC/C=C\CCCCCC)OC(=O)CCCCCCCCC/C=C\CCCCCCCC. The van der Waals surface area contributed by atoms with E-state index in [1.165, 1.54) is 161 Å². The van der Waals surface area contributed by atoms with Crippen molar-refractivity contribution >= 4 is 17.9 Å². The van der Waals surface area contributed by atoms with Crippen LogP contribution in [-0.2, 0) is 28.6 Å². The van der Waals surface area contributed by atoms with Crippen LogP contribution in [0.4, 0.5) is 0 Å². The van der Waals surface area contributed by atoms with Crippen molar-refractivity contribution in [2.45, 2.75) is 309 Å². The second kappa shape index (κ2) is 61.1. The molecule has 1 atom stereocenters. The van der Waals surface area contributed by atoms with Gasteiger partial charge in [0.2, 0.25) is 0 Å². The molecule has 0 aliphatic heterocycles. The maximum absolute atomic E-state index is 12.9. The number of hydrogen-bond donors (Lipinski definition) is 0. The van der Waals surface area contributed by atoms with Crippen LogP contribution in [0.1, 0.15) is 303 Å². The smallest absolute Gasteiger partial charge is 0.306 e. The van der Waals surface area contributed by atoms with E-state index < -0.39 is 6.10 Å². The third kappa shape index (κ3) is 59.3. The van der Waals surface area contributed by atoms with Crippen molar-refractivity contribution in [1.82, 2.24) is 0 Å². The molecule has 0 heterocycles. The van der Waals surface area contributed by atoms with Crippen molar-refractivity contribution in [1.29, 1.82) is 0 Å². The van der Waals surface area contributed by atoms with Crippen LogP contribution in [0.15, 0.2) is 85.1 Å². The number of carbonyl (C=O) groups is 3. The average Bonchev–Trinajstić information content (AvgIpc) is 3.39. The normalized spacial score (nSPS) is 12.6. The van der Waals surface area contributed by atoms with Crippen molar-refractivity contribution in [2.24, 2.45) is 0 Å². The molecule has 0 aromatic rings. The van der Waals surface area contributed by atoms with Gasteiger partial charge in [0.15, 0.2) is 6.10 Å². The Balaban J connectivity index is 4.33. The molecule has 0 radical (unpaired) electrons. The molecule has 0 aliphatic rings. The fourth-order valence-corrected chi connectivity index (χ4v) is 8.69. The second-order valence-electron chi connectivity index (χ2n) is 20.6. The van der Waals surface area contributed by atoms with Gasteiger partial charge in [0.25, 0.3) is 0 Å². The molecule has 0 N–H and O–H groups in total. The van der Waals surface area contributed by atoms with E-state index in [-0.39, 0.29) is 31.1 Å².